The minimum Gasteiger partial charge on any atom is -0.381 e. The van der Waals surface area contributed by atoms with Crippen molar-refractivity contribution in [3.8, 4) is 0 Å². The molecule has 128 valence electrons. The predicted octanol–water partition coefficient (Wildman–Crippen LogP) is 3.68. The van der Waals surface area contributed by atoms with E-state index in [0.717, 1.165) is 37.1 Å². The van der Waals surface area contributed by atoms with Crippen molar-refractivity contribution in [3.63, 3.8) is 0 Å². The number of aryl methyl sites for hydroxylation is 1. The highest BCUT2D eigenvalue weighted by atomic mass is 16.5. The number of hydrogen-bond acceptors (Lipinski definition) is 5. The van der Waals surface area contributed by atoms with Gasteiger partial charge in [0.2, 0.25) is 0 Å². The van der Waals surface area contributed by atoms with Gasteiger partial charge in [0.05, 0.1) is 29.6 Å². The summed E-state index contributed by atoms with van der Waals surface area (Å²) in [4.78, 5) is 16.6. The van der Waals surface area contributed by atoms with Gasteiger partial charge in [-0.15, -0.1) is 0 Å². The molecule has 1 aliphatic heterocycles. The molecule has 2 aromatic heterocycles. The molecule has 0 spiro atoms. The Morgan fingerprint density at radius 1 is 1.28 bits per heavy atom. The van der Waals surface area contributed by atoms with Gasteiger partial charge in [-0.3, -0.25) is 4.79 Å². The number of pyridine rings is 1. The molecule has 25 heavy (non-hydrogen) atoms. The van der Waals surface area contributed by atoms with Crippen LogP contribution in [0.25, 0.3) is 11.1 Å². The van der Waals surface area contributed by atoms with E-state index in [0.29, 0.717) is 22.9 Å². The topological polar surface area (TPSA) is 77.3 Å². The summed E-state index contributed by atoms with van der Waals surface area (Å²) in [6.45, 7) is 3.45. The van der Waals surface area contributed by atoms with Crippen molar-refractivity contribution in [2.75, 3.05) is 18.5 Å². The van der Waals surface area contributed by atoms with Gasteiger partial charge in [0.25, 0.3) is 11.6 Å². The molecule has 1 aliphatic rings. The van der Waals surface area contributed by atoms with E-state index in [1.165, 1.54) is 5.56 Å². The molecule has 0 bridgehead atoms. The maximum atomic E-state index is 12.5. The van der Waals surface area contributed by atoms with Crippen LogP contribution in [0.2, 0.25) is 0 Å². The molecule has 4 rings (SSSR count). The minimum atomic E-state index is -0.165. The maximum absolute atomic E-state index is 12.5. The van der Waals surface area contributed by atoms with Crippen molar-refractivity contribution >= 4 is 22.7 Å². The van der Waals surface area contributed by atoms with E-state index in [1.807, 2.05) is 37.3 Å². The summed E-state index contributed by atoms with van der Waals surface area (Å²) in [5.74, 6) is 0.260. The van der Waals surface area contributed by atoms with Gasteiger partial charge in [-0.25, -0.2) is 4.98 Å². The van der Waals surface area contributed by atoms with Crippen LogP contribution in [0.15, 0.2) is 41.1 Å². The smallest absolute Gasteiger partial charge is 0.258 e. The van der Waals surface area contributed by atoms with E-state index in [-0.39, 0.29) is 5.91 Å². The largest absolute Gasteiger partial charge is 0.381 e. The van der Waals surface area contributed by atoms with Gasteiger partial charge in [0.15, 0.2) is 0 Å². The first kappa shape index (κ1) is 15.8. The van der Waals surface area contributed by atoms with Gasteiger partial charge in [-0.2, -0.15) is 0 Å². The molecule has 0 aliphatic carbocycles. The first-order valence-corrected chi connectivity index (χ1v) is 8.42. The third-order valence-electron chi connectivity index (χ3n) is 4.57. The number of ether oxygens (including phenoxy) is 1. The quantitative estimate of drug-likeness (QED) is 0.789. The molecule has 0 unspecified atom stereocenters. The number of carbonyl (C=O) groups is 1. The molecule has 1 saturated heterocycles. The fourth-order valence-electron chi connectivity index (χ4n) is 3.13. The Bertz CT molecular complexity index is 896. The second kappa shape index (κ2) is 6.64. The molecule has 1 amide bonds. The van der Waals surface area contributed by atoms with Crippen LogP contribution in [0.5, 0.6) is 0 Å². The predicted molar refractivity (Wildman–Crippen MR) is 93.7 cm³/mol. The number of amides is 1. The Balaban J connectivity index is 1.48. The number of carbonyl (C=O) groups excluding carboxylic acids is 1. The van der Waals surface area contributed by atoms with Crippen LogP contribution in [0.4, 0.5) is 5.69 Å². The third-order valence-corrected chi connectivity index (χ3v) is 4.57. The van der Waals surface area contributed by atoms with Crippen LogP contribution in [0.3, 0.4) is 0 Å². The molecule has 6 nitrogen and oxygen atoms in total. The SMILES string of the molecule is Cc1noc2ncc(NC(=O)c3ccc([C@H]4CCCOC4)cc3)cc12. The Labute approximate surface area is 145 Å². The van der Waals surface area contributed by atoms with Crippen molar-refractivity contribution < 1.29 is 14.1 Å². The molecule has 1 fully saturated rings. The third kappa shape index (κ3) is 3.25. The Morgan fingerprint density at radius 3 is 2.88 bits per heavy atom. The number of fused-ring (bicyclic) bond motifs is 1. The number of nitrogens with zero attached hydrogens (tertiary/aromatic N) is 2. The molecular weight excluding hydrogens is 318 g/mol. The molecule has 0 saturated carbocycles. The number of hydrogen-bond donors (Lipinski definition) is 1. The number of benzene rings is 1. The van der Waals surface area contributed by atoms with Crippen molar-refractivity contribution in [1.29, 1.82) is 0 Å². The van der Waals surface area contributed by atoms with Crippen LogP contribution in [-0.2, 0) is 4.74 Å². The fraction of sp³-hybridized carbons (Fsp3) is 0.316. The highest BCUT2D eigenvalue weighted by Crippen LogP contribution is 2.26. The molecule has 3 aromatic rings. The molecule has 1 N–H and O–H groups in total. The zero-order chi connectivity index (χ0) is 17.2. The molecular formula is C19H19N3O3. The lowest BCUT2D eigenvalue weighted by Crippen LogP contribution is -2.16. The van der Waals surface area contributed by atoms with Crippen molar-refractivity contribution in [1.82, 2.24) is 10.1 Å². The Morgan fingerprint density at radius 2 is 2.12 bits per heavy atom. The fourth-order valence-corrected chi connectivity index (χ4v) is 3.13. The van der Waals surface area contributed by atoms with Gasteiger partial charge in [-0.1, -0.05) is 17.3 Å². The number of anilines is 1. The lowest BCUT2D eigenvalue weighted by atomic mass is 9.93. The average molecular weight is 337 g/mol. The van der Waals surface area contributed by atoms with Crippen LogP contribution in [-0.4, -0.2) is 29.3 Å². The lowest BCUT2D eigenvalue weighted by molar-refractivity contribution is 0.0804. The van der Waals surface area contributed by atoms with E-state index in [2.05, 4.69) is 15.5 Å². The van der Waals surface area contributed by atoms with Gasteiger partial charge >= 0.3 is 0 Å². The second-order valence-electron chi connectivity index (χ2n) is 6.33. The number of nitrogens with one attached hydrogen (secondary N) is 1. The maximum Gasteiger partial charge on any atom is 0.258 e. The first-order chi connectivity index (χ1) is 12.2. The van der Waals surface area contributed by atoms with Crippen LogP contribution >= 0.6 is 0 Å². The van der Waals surface area contributed by atoms with Crippen LogP contribution in [0.1, 0.15) is 40.4 Å². The standard InChI is InChI=1S/C19H19N3O3/c1-12-17-9-16(10-20-19(17)25-22-12)21-18(23)14-6-4-13(5-7-14)15-3-2-8-24-11-15/h4-7,9-10,15H,2-3,8,11H2,1H3,(H,21,23)/t15-/m0/s1. The van der Waals surface area contributed by atoms with Gasteiger partial charge in [0.1, 0.15) is 0 Å². The van der Waals surface area contributed by atoms with E-state index in [1.54, 1.807) is 6.20 Å². The van der Waals surface area contributed by atoms with Crippen LogP contribution in [0, 0.1) is 6.92 Å². The summed E-state index contributed by atoms with van der Waals surface area (Å²) in [5.41, 5.74) is 3.67. The Kier molecular flexibility index (Phi) is 4.19. The lowest BCUT2D eigenvalue weighted by Gasteiger charge is -2.22. The van der Waals surface area contributed by atoms with Crippen molar-refractivity contribution in [2.24, 2.45) is 0 Å². The van der Waals surface area contributed by atoms with E-state index in [4.69, 9.17) is 9.26 Å². The highest BCUT2D eigenvalue weighted by molar-refractivity contribution is 6.04. The molecule has 1 aromatic carbocycles. The van der Waals surface area contributed by atoms with Gasteiger partial charge < -0.3 is 14.6 Å². The van der Waals surface area contributed by atoms with E-state index in [9.17, 15) is 4.79 Å². The summed E-state index contributed by atoms with van der Waals surface area (Å²) < 4.78 is 10.6. The normalized spacial score (nSPS) is 17.6. The second-order valence-corrected chi connectivity index (χ2v) is 6.33. The summed E-state index contributed by atoms with van der Waals surface area (Å²) >= 11 is 0. The molecule has 3 heterocycles. The van der Waals surface area contributed by atoms with Gasteiger partial charge in [0, 0.05) is 18.1 Å². The number of rotatable bonds is 3. The summed E-state index contributed by atoms with van der Waals surface area (Å²) in [6, 6.07) is 9.56. The van der Waals surface area contributed by atoms with Crippen molar-refractivity contribution in [2.45, 2.75) is 25.7 Å². The summed E-state index contributed by atoms with van der Waals surface area (Å²) in [5, 5.41) is 7.54. The molecule has 1 atom stereocenters. The molecule has 0 radical (unpaired) electrons. The monoisotopic (exact) mass is 337 g/mol. The zero-order valence-corrected chi connectivity index (χ0v) is 14.0. The highest BCUT2D eigenvalue weighted by Gasteiger charge is 2.16. The van der Waals surface area contributed by atoms with Crippen molar-refractivity contribution in [3.05, 3.63) is 53.3 Å². The number of aromatic nitrogens is 2. The van der Waals surface area contributed by atoms with Gasteiger partial charge in [-0.05, 0) is 43.5 Å². The Hall–Kier alpha value is -2.73. The summed E-state index contributed by atoms with van der Waals surface area (Å²) in [7, 11) is 0. The zero-order valence-electron chi connectivity index (χ0n) is 14.0. The minimum absolute atomic E-state index is 0.165. The molecule has 6 heteroatoms. The average Bonchev–Trinajstić information content (AvgIpc) is 3.03. The first-order valence-electron chi connectivity index (χ1n) is 8.42. The van der Waals surface area contributed by atoms with E-state index < -0.39 is 0 Å². The summed E-state index contributed by atoms with van der Waals surface area (Å²) in [6.07, 6.45) is 3.79. The van der Waals surface area contributed by atoms with E-state index >= 15 is 0 Å². The van der Waals surface area contributed by atoms with Crippen LogP contribution < -0.4 is 5.32 Å².